The van der Waals surface area contributed by atoms with E-state index in [1.54, 1.807) is 0 Å². The van der Waals surface area contributed by atoms with Gasteiger partial charge in [0.25, 0.3) is 0 Å². The van der Waals surface area contributed by atoms with Crippen LogP contribution in [-0.4, -0.2) is 15.8 Å². The molecular formula is C11H8BrN5S. The molecule has 3 rings (SSSR count). The number of aromatic nitrogens is 2. The number of fused-ring (bicyclic) bond motifs is 1. The average Bonchev–Trinajstić information content (AvgIpc) is 2.40. The molecule has 5 nitrogen and oxygen atoms in total. The molecule has 0 fully saturated rings. The van der Waals surface area contributed by atoms with Crippen LogP contribution in [0, 0.1) is 0 Å². The van der Waals surface area contributed by atoms with Gasteiger partial charge in [0.05, 0.1) is 12.1 Å². The predicted molar refractivity (Wildman–Crippen MR) is 77.1 cm³/mol. The molecule has 0 atom stereocenters. The third-order valence-electron chi connectivity index (χ3n) is 2.43. The molecule has 7 heteroatoms. The maximum atomic E-state index is 5.77. The average molecular weight is 322 g/mol. The van der Waals surface area contributed by atoms with Gasteiger partial charge in [-0.1, -0.05) is 30.3 Å². The third kappa shape index (κ3) is 1.95. The zero-order valence-electron chi connectivity index (χ0n) is 9.09. The van der Waals surface area contributed by atoms with Crippen LogP contribution in [0.3, 0.4) is 0 Å². The Morgan fingerprint density at radius 3 is 2.67 bits per heavy atom. The second-order valence-electron chi connectivity index (χ2n) is 3.60. The summed E-state index contributed by atoms with van der Waals surface area (Å²) in [5.74, 6) is 1.01. The molecule has 2 heterocycles. The van der Waals surface area contributed by atoms with Crippen LogP contribution in [0.4, 0.5) is 5.82 Å². The Morgan fingerprint density at radius 2 is 1.89 bits per heavy atom. The Hall–Kier alpha value is -1.60. The molecule has 0 aliphatic carbocycles. The van der Waals surface area contributed by atoms with Crippen molar-refractivity contribution in [2.45, 2.75) is 0 Å². The SMILES string of the molecule is NC1=NSNc2nc(-c3ccccc3)c(Br)nc21. The predicted octanol–water partition coefficient (Wildman–Crippen LogP) is 2.60. The standard InChI is InChI=1S/C11H8BrN5S/c12-9-7(6-4-2-1-3-5-6)15-11-8(14-9)10(13)16-18-17-11/h1-5H,(H2,13,16)(H,15,17). The van der Waals surface area contributed by atoms with Crippen molar-refractivity contribution in [1.82, 2.24) is 9.97 Å². The molecule has 0 spiro atoms. The molecule has 2 aromatic rings. The number of hydrogen-bond acceptors (Lipinski definition) is 6. The lowest BCUT2D eigenvalue weighted by molar-refractivity contribution is 1.15. The summed E-state index contributed by atoms with van der Waals surface area (Å²) in [6, 6.07) is 9.84. The van der Waals surface area contributed by atoms with Gasteiger partial charge in [-0.15, -0.1) is 0 Å². The van der Waals surface area contributed by atoms with Gasteiger partial charge >= 0.3 is 0 Å². The molecule has 18 heavy (non-hydrogen) atoms. The van der Waals surface area contributed by atoms with E-state index in [1.807, 2.05) is 30.3 Å². The molecule has 0 saturated carbocycles. The number of nitrogens with two attached hydrogens (primary N) is 1. The Bertz CT molecular complexity index is 629. The van der Waals surface area contributed by atoms with Crippen molar-refractivity contribution < 1.29 is 0 Å². The maximum absolute atomic E-state index is 5.77. The lowest BCUT2D eigenvalue weighted by Crippen LogP contribution is -2.20. The van der Waals surface area contributed by atoms with Crippen LogP contribution in [0.15, 0.2) is 39.3 Å². The molecule has 0 radical (unpaired) electrons. The fourth-order valence-electron chi connectivity index (χ4n) is 1.60. The summed E-state index contributed by atoms with van der Waals surface area (Å²) in [5, 5.41) is 0. The van der Waals surface area contributed by atoms with Gasteiger partial charge in [-0.3, -0.25) is 4.72 Å². The van der Waals surface area contributed by atoms with Crippen LogP contribution < -0.4 is 10.5 Å². The van der Waals surface area contributed by atoms with Crippen LogP contribution in [0.5, 0.6) is 0 Å². The maximum Gasteiger partial charge on any atom is 0.167 e. The highest BCUT2D eigenvalue weighted by molar-refractivity contribution is 9.10. The smallest absolute Gasteiger partial charge is 0.167 e. The number of amidine groups is 1. The number of benzene rings is 1. The first-order valence-corrected chi connectivity index (χ1v) is 6.71. The normalized spacial score (nSPS) is 13.5. The van der Waals surface area contributed by atoms with Crippen LogP contribution >= 0.6 is 28.1 Å². The van der Waals surface area contributed by atoms with E-state index in [4.69, 9.17) is 5.73 Å². The second-order valence-corrected chi connectivity index (χ2v) is 4.92. The quantitative estimate of drug-likeness (QED) is 0.789. The summed E-state index contributed by atoms with van der Waals surface area (Å²) in [5.41, 5.74) is 8.11. The molecule has 1 aliphatic rings. The molecule has 3 N–H and O–H groups in total. The van der Waals surface area contributed by atoms with Gasteiger partial charge < -0.3 is 5.73 Å². The van der Waals surface area contributed by atoms with Gasteiger partial charge in [0.15, 0.2) is 17.3 Å². The molecule has 90 valence electrons. The Kier molecular flexibility index (Phi) is 2.92. The Labute approximate surface area is 116 Å². The van der Waals surface area contributed by atoms with Gasteiger partial charge in [0, 0.05) is 5.56 Å². The van der Waals surface area contributed by atoms with E-state index in [1.165, 1.54) is 0 Å². The number of nitrogens with zero attached hydrogens (tertiary/aromatic N) is 3. The summed E-state index contributed by atoms with van der Waals surface area (Å²) in [6.45, 7) is 0. The zero-order chi connectivity index (χ0) is 12.5. The van der Waals surface area contributed by atoms with Gasteiger partial charge in [-0.2, -0.15) is 4.40 Å². The topological polar surface area (TPSA) is 76.2 Å². The van der Waals surface area contributed by atoms with Crippen LogP contribution in [0.2, 0.25) is 0 Å². The number of halogens is 1. The molecule has 0 saturated heterocycles. The van der Waals surface area contributed by atoms with Gasteiger partial charge in [-0.25, -0.2) is 9.97 Å². The van der Waals surface area contributed by atoms with E-state index in [0.29, 0.717) is 22.0 Å². The zero-order valence-corrected chi connectivity index (χ0v) is 11.5. The van der Waals surface area contributed by atoms with E-state index in [9.17, 15) is 0 Å². The molecular weight excluding hydrogens is 314 g/mol. The fourth-order valence-corrected chi connectivity index (χ4v) is 2.56. The van der Waals surface area contributed by atoms with E-state index < -0.39 is 0 Å². The highest BCUT2D eigenvalue weighted by Gasteiger charge is 2.19. The molecule has 1 aliphatic heterocycles. The largest absolute Gasteiger partial charge is 0.381 e. The molecule has 0 bridgehead atoms. The summed E-state index contributed by atoms with van der Waals surface area (Å²) >= 11 is 4.57. The highest BCUT2D eigenvalue weighted by Crippen LogP contribution is 2.30. The van der Waals surface area contributed by atoms with Crippen molar-refractivity contribution in [2.24, 2.45) is 10.1 Å². The minimum absolute atomic E-state index is 0.376. The minimum Gasteiger partial charge on any atom is -0.381 e. The lowest BCUT2D eigenvalue weighted by atomic mass is 10.1. The molecule has 1 aromatic heterocycles. The van der Waals surface area contributed by atoms with Crippen molar-refractivity contribution in [3.63, 3.8) is 0 Å². The second kappa shape index (κ2) is 4.58. The minimum atomic E-state index is 0.376. The number of rotatable bonds is 1. The van der Waals surface area contributed by atoms with Crippen LogP contribution in [0.25, 0.3) is 11.3 Å². The molecule has 0 amide bonds. The van der Waals surface area contributed by atoms with Crippen molar-refractivity contribution >= 4 is 39.7 Å². The van der Waals surface area contributed by atoms with Gasteiger partial charge in [0.2, 0.25) is 0 Å². The van der Waals surface area contributed by atoms with Gasteiger partial charge in [-0.05, 0) is 15.9 Å². The lowest BCUT2D eigenvalue weighted by Gasteiger charge is -2.14. The molecule has 1 aromatic carbocycles. The summed E-state index contributed by atoms with van der Waals surface area (Å²) < 4.78 is 7.63. The monoisotopic (exact) mass is 321 g/mol. The van der Waals surface area contributed by atoms with E-state index in [0.717, 1.165) is 23.4 Å². The molecule has 0 unspecified atom stereocenters. The van der Waals surface area contributed by atoms with E-state index in [-0.39, 0.29) is 0 Å². The van der Waals surface area contributed by atoms with Crippen molar-refractivity contribution in [3.05, 3.63) is 40.6 Å². The highest BCUT2D eigenvalue weighted by atomic mass is 79.9. The number of nitrogens with one attached hydrogen (secondary N) is 1. The first-order chi connectivity index (χ1) is 8.75. The fraction of sp³-hybridized carbons (Fsp3) is 0. The van der Waals surface area contributed by atoms with E-state index >= 15 is 0 Å². The van der Waals surface area contributed by atoms with Crippen molar-refractivity contribution in [3.8, 4) is 11.3 Å². The summed E-state index contributed by atoms with van der Waals surface area (Å²) in [4.78, 5) is 8.92. The van der Waals surface area contributed by atoms with Crippen LogP contribution in [-0.2, 0) is 0 Å². The number of anilines is 1. The van der Waals surface area contributed by atoms with Crippen molar-refractivity contribution in [1.29, 1.82) is 0 Å². The van der Waals surface area contributed by atoms with E-state index in [2.05, 4.69) is 35.0 Å². The summed E-state index contributed by atoms with van der Waals surface area (Å²) in [7, 11) is 0. The first kappa shape index (κ1) is 11.5. The van der Waals surface area contributed by atoms with Crippen LogP contribution in [0.1, 0.15) is 5.69 Å². The number of hydrogen-bond donors (Lipinski definition) is 2. The Balaban J connectivity index is 2.16. The van der Waals surface area contributed by atoms with Gasteiger partial charge in [0.1, 0.15) is 10.3 Å². The first-order valence-electron chi connectivity index (χ1n) is 5.14. The third-order valence-corrected chi connectivity index (χ3v) is 3.55. The Morgan fingerprint density at radius 1 is 1.11 bits per heavy atom. The summed E-state index contributed by atoms with van der Waals surface area (Å²) in [6.07, 6.45) is 0. The van der Waals surface area contributed by atoms with Crippen molar-refractivity contribution in [2.75, 3.05) is 4.72 Å².